The van der Waals surface area contributed by atoms with Crippen LogP contribution in [-0.4, -0.2) is 16.9 Å². The van der Waals surface area contributed by atoms with E-state index in [0.29, 0.717) is 21.8 Å². The fourth-order valence-electron chi connectivity index (χ4n) is 1.10. The summed E-state index contributed by atoms with van der Waals surface area (Å²) in [5.41, 5.74) is 0.0320. The van der Waals surface area contributed by atoms with Gasteiger partial charge in [-0.05, 0) is 12.1 Å². The average Bonchev–Trinajstić information content (AvgIpc) is 2.64. The van der Waals surface area contributed by atoms with E-state index in [4.69, 9.17) is 4.74 Å². The van der Waals surface area contributed by atoms with Crippen LogP contribution in [-0.2, 0) is 0 Å². The lowest BCUT2D eigenvalue weighted by molar-refractivity contribution is 0.343. The van der Waals surface area contributed by atoms with E-state index < -0.39 is 11.6 Å². The van der Waals surface area contributed by atoms with Crippen molar-refractivity contribution in [2.75, 3.05) is 11.9 Å². The van der Waals surface area contributed by atoms with Gasteiger partial charge in [0, 0.05) is 5.33 Å². The minimum Gasteiger partial charge on any atom is -0.469 e. The molecular weight excluding hydrogens is 288 g/mol. The smallest absolute Gasteiger partial charge is 0.274 e. The van der Waals surface area contributed by atoms with Gasteiger partial charge in [-0.3, -0.25) is 0 Å². The molecule has 0 unspecified atom stereocenters. The minimum atomic E-state index is -0.919. The van der Waals surface area contributed by atoms with Gasteiger partial charge in [0.25, 0.3) is 5.19 Å². The summed E-state index contributed by atoms with van der Waals surface area (Å²) in [5.74, 6) is -1.81. The zero-order valence-corrected chi connectivity index (χ0v) is 9.87. The van der Waals surface area contributed by atoms with Gasteiger partial charge in [-0.2, -0.15) is 4.98 Å². The van der Waals surface area contributed by atoms with Crippen molar-refractivity contribution in [3.63, 3.8) is 0 Å². The molecule has 0 aliphatic carbocycles. The van der Waals surface area contributed by atoms with Crippen LogP contribution in [0.15, 0.2) is 12.1 Å². The molecule has 0 fully saturated rings. The van der Waals surface area contributed by atoms with Crippen LogP contribution in [0.5, 0.6) is 5.19 Å². The molecule has 0 radical (unpaired) electrons. The maximum atomic E-state index is 13.2. The number of ether oxygens (including phenoxy) is 1. The molecule has 1 aromatic heterocycles. The molecule has 0 saturated carbocycles. The molecule has 0 atom stereocenters. The lowest BCUT2D eigenvalue weighted by Crippen LogP contribution is -1.96. The number of alkyl halides is 1. The molecular formula is C9H6BrF2NOS. The average molecular weight is 294 g/mol. The molecule has 0 aliphatic heterocycles. The summed E-state index contributed by atoms with van der Waals surface area (Å²) in [7, 11) is 0. The first kappa shape index (κ1) is 10.8. The Bertz CT molecular complexity index is 488. The first-order chi connectivity index (χ1) is 7.22. The summed E-state index contributed by atoms with van der Waals surface area (Å²) in [6, 6.07) is 2.58. The zero-order chi connectivity index (χ0) is 10.8. The maximum Gasteiger partial charge on any atom is 0.274 e. The van der Waals surface area contributed by atoms with Crippen LogP contribution in [0.3, 0.4) is 0 Å². The third kappa shape index (κ3) is 2.10. The fourth-order valence-corrected chi connectivity index (χ4v) is 2.10. The number of hydrogen-bond donors (Lipinski definition) is 0. The first-order valence-electron chi connectivity index (χ1n) is 4.15. The number of halogens is 3. The molecule has 80 valence electrons. The van der Waals surface area contributed by atoms with E-state index in [1.54, 1.807) is 0 Å². The van der Waals surface area contributed by atoms with E-state index in [1.165, 1.54) is 17.4 Å². The van der Waals surface area contributed by atoms with E-state index >= 15 is 0 Å². The van der Waals surface area contributed by atoms with Crippen LogP contribution in [0.2, 0.25) is 0 Å². The SMILES string of the molecule is Fc1ccc2sc(OCCBr)nc2c1F. The third-order valence-corrected chi connectivity index (χ3v) is 2.99. The van der Waals surface area contributed by atoms with Crippen molar-refractivity contribution in [3.8, 4) is 5.19 Å². The second kappa shape index (κ2) is 4.40. The summed E-state index contributed by atoms with van der Waals surface area (Å²) in [6.07, 6.45) is 0. The van der Waals surface area contributed by atoms with Gasteiger partial charge in [-0.25, -0.2) is 8.78 Å². The second-order valence-corrected chi connectivity index (χ2v) is 4.51. The molecule has 0 spiro atoms. The van der Waals surface area contributed by atoms with Crippen LogP contribution >= 0.6 is 27.3 Å². The Morgan fingerprint density at radius 2 is 2.20 bits per heavy atom. The summed E-state index contributed by atoms with van der Waals surface area (Å²) < 4.78 is 31.9. The molecule has 2 nitrogen and oxygen atoms in total. The third-order valence-electron chi connectivity index (χ3n) is 1.74. The fraction of sp³-hybridized carbons (Fsp3) is 0.222. The molecule has 1 aromatic carbocycles. The van der Waals surface area contributed by atoms with Crippen LogP contribution in [0.1, 0.15) is 0 Å². The lowest BCUT2D eigenvalue weighted by atomic mass is 10.3. The predicted octanol–water partition coefficient (Wildman–Crippen LogP) is 3.35. The Morgan fingerprint density at radius 3 is 2.93 bits per heavy atom. The van der Waals surface area contributed by atoms with Gasteiger partial charge in [0.2, 0.25) is 0 Å². The molecule has 1 heterocycles. The molecule has 15 heavy (non-hydrogen) atoms. The minimum absolute atomic E-state index is 0.0320. The molecule has 2 aromatic rings. The number of nitrogens with zero attached hydrogens (tertiary/aromatic N) is 1. The maximum absolute atomic E-state index is 13.2. The van der Waals surface area contributed by atoms with Gasteiger partial charge in [0.05, 0.1) is 4.70 Å². The highest BCUT2D eigenvalue weighted by Crippen LogP contribution is 2.30. The number of aromatic nitrogens is 1. The summed E-state index contributed by atoms with van der Waals surface area (Å²) in [5, 5.41) is 1.02. The van der Waals surface area contributed by atoms with Gasteiger partial charge in [0.15, 0.2) is 11.6 Å². The number of benzene rings is 1. The van der Waals surface area contributed by atoms with E-state index in [0.717, 1.165) is 6.07 Å². The van der Waals surface area contributed by atoms with Crippen molar-refractivity contribution in [1.82, 2.24) is 4.98 Å². The number of hydrogen-bond acceptors (Lipinski definition) is 3. The Balaban J connectivity index is 2.42. The topological polar surface area (TPSA) is 22.1 Å². The Hall–Kier alpha value is -0.750. The highest BCUT2D eigenvalue weighted by atomic mass is 79.9. The van der Waals surface area contributed by atoms with Crippen molar-refractivity contribution < 1.29 is 13.5 Å². The van der Waals surface area contributed by atoms with Gasteiger partial charge < -0.3 is 4.74 Å². The Labute approximate surface area is 97.0 Å². The van der Waals surface area contributed by atoms with Crippen molar-refractivity contribution in [2.24, 2.45) is 0 Å². The number of fused-ring (bicyclic) bond motifs is 1. The largest absolute Gasteiger partial charge is 0.469 e. The van der Waals surface area contributed by atoms with E-state index in [9.17, 15) is 8.78 Å². The normalized spacial score (nSPS) is 10.9. The van der Waals surface area contributed by atoms with Gasteiger partial charge in [-0.1, -0.05) is 27.3 Å². The van der Waals surface area contributed by atoms with Crippen LogP contribution in [0.25, 0.3) is 10.2 Å². The first-order valence-corrected chi connectivity index (χ1v) is 6.09. The van der Waals surface area contributed by atoms with Gasteiger partial charge in [-0.15, -0.1) is 0 Å². The summed E-state index contributed by atoms with van der Waals surface area (Å²) in [4.78, 5) is 3.87. The van der Waals surface area contributed by atoms with Crippen molar-refractivity contribution in [3.05, 3.63) is 23.8 Å². The van der Waals surface area contributed by atoms with E-state index in [2.05, 4.69) is 20.9 Å². The molecule has 0 bridgehead atoms. The van der Waals surface area contributed by atoms with Crippen molar-refractivity contribution in [2.45, 2.75) is 0 Å². The quantitative estimate of drug-likeness (QED) is 0.810. The molecule has 0 amide bonds. The highest BCUT2D eigenvalue weighted by Gasteiger charge is 2.12. The molecule has 0 saturated heterocycles. The second-order valence-electron chi connectivity index (χ2n) is 2.73. The predicted molar refractivity (Wildman–Crippen MR) is 58.8 cm³/mol. The molecule has 0 N–H and O–H groups in total. The van der Waals surface area contributed by atoms with Gasteiger partial charge in [0.1, 0.15) is 12.1 Å². The number of thiazole rings is 1. The van der Waals surface area contributed by atoms with Gasteiger partial charge >= 0.3 is 0 Å². The number of rotatable bonds is 3. The summed E-state index contributed by atoms with van der Waals surface area (Å²) >= 11 is 4.39. The van der Waals surface area contributed by atoms with Crippen molar-refractivity contribution in [1.29, 1.82) is 0 Å². The molecule has 2 rings (SSSR count). The highest BCUT2D eigenvalue weighted by molar-refractivity contribution is 9.09. The zero-order valence-electron chi connectivity index (χ0n) is 7.47. The standard InChI is InChI=1S/C9H6BrF2NOS/c10-3-4-14-9-13-8-6(15-9)2-1-5(11)7(8)12/h1-2H,3-4H2. The van der Waals surface area contributed by atoms with E-state index in [-0.39, 0.29) is 5.52 Å². The van der Waals surface area contributed by atoms with Crippen LogP contribution in [0, 0.1) is 11.6 Å². The Kier molecular flexibility index (Phi) is 3.16. The Morgan fingerprint density at radius 1 is 1.40 bits per heavy atom. The van der Waals surface area contributed by atoms with Crippen LogP contribution < -0.4 is 4.74 Å². The molecule has 0 aliphatic rings. The monoisotopic (exact) mass is 293 g/mol. The molecule has 6 heteroatoms. The summed E-state index contributed by atoms with van der Waals surface area (Å²) in [6.45, 7) is 0.448. The van der Waals surface area contributed by atoms with Crippen LogP contribution in [0.4, 0.5) is 8.78 Å². The lowest BCUT2D eigenvalue weighted by Gasteiger charge is -1.95. The van der Waals surface area contributed by atoms with E-state index in [1.807, 2.05) is 0 Å². The van der Waals surface area contributed by atoms with Crippen molar-refractivity contribution >= 4 is 37.5 Å².